The Balaban J connectivity index is 2.22. The second-order valence-electron chi connectivity index (χ2n) is 3.83. The summed E-state index contributed by atoms with van der Waals surface area (Å²) in [5, 5.41) is 0. The highest BCUT2D eigenvalue weighted by molar-refractivity contribution is 5.80. The second-order valence-corrected chi connectivity index (χ2v) is 3.83. The van der Waals surface area contributed by atoms with Gasteiger partial charge in [-0.15, -0.1) is 0 Å². The van der Waals surface area contributed by atoms with Crippen LogP contribution in [0.5, 0.6) is 0 Å². The van der Waals surface area contributed by atoms with Gasteiger partial charge in [-0.3, -0.25) is 4.79 Å². The highest BCUT2D eigenvalue weighted by Crippen LogP contribution is 2.32. The summed E-state index contributed by atoms with van der Waals surface area (Å²) in [6.07, 6.45) is 1.91. The Morgan fingerprint density at radius 2 is 2.31 bits per heavy atom. The Kier molecular flexibility index (Phi) is 1.71. The van der Waals surface area contributed by atoms with E-state index in [1.54, 1.807) is 0 Å². The molecule has 0 aromatic carbocycles. The van der Waals surface area contributed by atoms with Gasteiger partial charge in [0.05, 0.1) is 5.82 Å². The van der Waals surface area contributed by atoms with E-state index in [9.17, 15) is 4.79 Å². The highest BCUT2D eigenvalue weighted by Gasteiger charge is 2.40. The third-order valence-electron chi connectivity index (χ3n) is 3.17. The average molecular weight is 181 g/mol. The van der Waals surface area contributed by atoms with Gasteiger partial charge in [0.1, 0.15) is 6.04 Å². The molecular formula is C9H15N3O. The second kappa shape index (κ2) is 2.65. The lowest BCUT2D eigenvalue weighted by Crippen LogP contribution is -2.46. The van der Waals surface area contributed by atoms with Crippen LogP contribution in [0.3, 0.4) is 0 Å². The number of nitrogens with two attached hydrogens (primary N) is 1. The summed E-state index contributed by atoms with van der Waals surface area (Å²) < 4.78 is 0. The van der Waals surface area contributed by atoms with E-state index in [1.165, 1.54) is 0 Å². The van der Waals surface area contributed by atoms with Crippen LogP contribution in [0.25, 0.3) is 0 Å². The molecule has 0 aromatic heterocycles. The molecule has 2 aliphatic rings. The SMILES string of the molecule is C=C1N2C[C@@H](CCC2C(N)=O)N1C. The number of likely N-dealkylation sites (N-methyl/N-ethyl adjacent to an activating group) is 1. The first-order valence-corrected chi connectivity index (χ1v) is 4.59. The number of nitrogens with zero attached hydrogens (tertiary/aromatic N) is 2. The van der Waals surface area contributed by atoms with E-state index in [0.29, 0.717) is 6.04 Å². The van der Waals surface area contributed by atoms with Crippen LogP contribution in [0.2, 0.25) is 0 Å². The molecule has 13 heavy (non-hydrogen) atoms. The van der Waals surface area contributed by atoms with Crippen molar-refractivity contribution < 1.29 is 4.79 Å². The number of fused-ring (bicyclic) bond motifs is 2. The van der Waals surface area contributed by atoms with Crippen molar-refractivity contribution in [2.45, 2.75) is 24.9 Å². The predicted octanol–water partition coefficient (Wildman–Crippen LogP) is -0.279. The summed E-state index contributed by atoms with van der Waals surface area (Å²) in [6.45, 7) is 4.86. The number of carbonyl (C=O) groups excluding carboxylic acids is 1. The number of piperidine rings is 1. The molecule has 4 nitrogen and oxygen atoms in total. The van der Waals surface area contributed by atoms with Gasteiger partial charge in [0.15, 0.2) is 0 Å². The normalized spacial score (nSPS) is 32.5. The lowest BCUT2D eigenvalue weighted by molar-refractivity contribution is -0.123. The Hall–Kier alpha value is -1.19. The number of carbonyl (C=O) groups is 1. The van der Waals surface area contributed by atoms with Gasteiger partial charge in [0, 0.05) is 19.6 Å². The molecule has 0 spiro atoms. The Morgan fingerprint density at radius 1 is 1.62 bits per heavy atom. The van der Waals surface area contributed by atoms with Crippen molar-refractivity contribution in [1.29, 1.82) is 0 Å². The monoisotopic (exact) mass is 181 g/mol. The predicted molar refractivity (Wildman–Crippen MR) is 49.6 cm³/mol. The highest BCUT2D eigenvalue weighted by atomic mass is 16.1. The number of hydrogen-bond donors (Lipinski definition) is 1. The van der Waals surface area contributed by atoms with Gasteiger partial charge in [0.25, 0.3) is 0 Å². The minimum atomic E-state index is -0.227. The van der Waals surface area contributed by atoms with Crippen molar-refractivity contribution >= 4 is 5.91 Å². The van der Waals surface area contributed by atoms with E-state index in [-0.39, 0.29) is 11.9 Å². The van der Waals surface area contributed by atoms with Gasteiger partial charge in [0.2, 0.25) is 5.91 Å². The van der Waals surface area contributed by atoms with Crippen LogP contribution in [0.15, 0.2) is 12.4 Å². The van der Waals surface area contributed by atoms with E-state index in [1.807, 2.05) is 11.9 Å². The third-order valence-corrected chi connectivity index (χ3v) is 3.17. The Morgan fingerprint density at radius 3 is 2.92 bits per heavy atom. The molecule has 0 aromatic rings. The molecule has 0 saturated carbocycles. The van der Waals surface area contributed by atoms with Gasteiger partial charge < -0.3 is 15.5 Å². The molecule has 1 unspecified atom stereocenters. The first-order chi connectivity index (χ1) is 6.11. The molecule has 2 fully saturated rings. The van der Waals surface area contributed by atoms with Crippen LogP contribution in [0.4, 0.5) is 0 Å². The fourth-order valence-electron chi connectivity index (χ4n) is 2.26. The maximum Gasteiger partial charge on any atom is 0.240 e. The van der Waals surface area contributed by atoms with Crippen LogP contribution in [-0.4, -0.2) is 41.4 Å². The zero-order valence-electron chi connectivity index (χ0n) is 7.86. The van der Waals surface area contributed by atoms with Crippen LogP contribution in [-0.2, 0) is 4.79 Å². The van der Waals surface area contributed by atoms with E-state index in [0.717, 1.165) is 25.2 Å². The van der Waals surface area contributed by atoms with Crippen molar-refractivity contribution in [2.24, 2.45) is 5.73 Å². The molecule has 2 saturated heterocycles. The molecule has 2 heterocycles. The van der Waals surface area contributed by atoms with Crippen molar-refractivity contribution in [3.05, 3.63) is 12.4 Å². The molecule has 2 N–H and O–H groups in total. The van der Waals surface area contributed by atoms with E-state index in [2.05, 4.69) is 11.5 Å². The number of primary amides is 1. The molecule has 1 amide bonds. The minimum absolute atomic E-state index is 0.131. The average Bonchev–Trinajstić information content (AvgIpc) is 2.32. The number of hydrogen-bond acceptors (Lipinski definition) is 3. The number of rotatable bonds is 1. The summed E-state index contributed by atoms with van der Waals surface area (Å²) in [5.41, 5.74) is 5.32. The molecule has 2 rings (SSSR count). The Labute approximate surface area is 78.0 Å². The van der Waals surface area contributed by atoms with Gasteiger partial charge in [-0.25, -0.2) is 0 Å². The zero-order valence-corrected chi connectivity index (χ0v) is 7.86. The Bertz CT molecular complexity index is 264. The molecule has 4 heteroatoms. The summed E-state index contributed by atoms with van der Waals surface area (Å²) in [7, 11) is 2.02. The molecular weight excluding hydrogens is 166 g/mol. The van der Waals surface area contributed by atoms with Crippen molar-refractivity contribution in [3.63, 3.8) is 0 Å². The molecule has 2 aliphatic heterocycles. The third kappa shape index (κ3) is 1.08. The van der Waals surface area contributed by atoms with Gasteiger partial charge in [-0.05, 0) is 12.8 Å². The summed E-state index contributed by atoms with van der Waals surface area (Å²) in [5.74, 6) is 0.709. The quantitative estimate of drug-likeness (QED) is 0.605. The van der Waals surface area contributed by atoms with Crippen molar-refractivity contribution in [1.82, 2.24) is 9.80 Å². The smallest absolute Gasteiger partial charge is 0.240 e. The minimum Gasteiger partial charge on any atom is -0.368 e. The van der Waals surface area contributed by atoms with E-state index < -0.39 is 0 Å². The van der Waals surface area contributed by atoms with Gasteiger partial charge in [-0.1, -0.05) is 6.58 Å². The summed E-state index contributed by atoms with van der Waals surface area (Å²) in [4.78, 5) is 15.3. The standard InChI is InChI=1S/C9H15N3O/c1-6-11(2)7-3-4-8(9(10)13)12(6)5-7/h7-8H,1,3-5H2,2H3,(H2,10,13)/t7-,8?/m1/s1. The maximum atomic E-state index is 11.1. The molecule has 2 bridgehead atoms. The molecule has 0 aliphatic carbocycles. The fraction of sp³-hybridized carbons (Fsp3) is 0.667. The first kappa shape index (κ1) is 8.41. The zero-order chi connectivity index (χ0) is 9.59. The van der Waals surface area contributed by atoms with Gasteiger partial charge in [-0.2, -0.15) is 0 Å². The van der Waals surface area contributed by atoms with Crippen LogP contribution in [0.1, 0.15) is 12.8 Å². The number of amides is 1. The van der Waals surface area contributed by atoms with E-state index >= 15 is 0 Å². The van der Waals surface area contributed by atoms with Crippen LogP contribution < -0.4 is 5.73 Å². The van der Waals surface area contributed by atoms with Crippen LogP contribution in [0, 0.1) is 0 Å². The lowest BCUT2D eigenvalue weighted by atomic mass is 10.0. The molecule has 2 atom stereocenters. The molecule has 72 valence electrons. The van der Waals surface area contributed by atoms with Crippen LogP contribution >= 0.6 is 0 Å². The van der Waals surface area contributed by atoms with Gasteiger partial charge >= 0.3 is 0 Å². The maximum absolute atomic E-state index is 11.1. The van der Waals surface area contributed by atoms with Crippen molar-refractivity contribution in [3.8, 4) is 0 Å². The molecule has 0 radical (unpaired) electrons. The topological polar surface area (TPSA) is 49.6 Å². The fourth-order valence-corrected chi connectivity index (χ4v) is 2.26. The van der Waals surface area contributed by atoms with Crippen molar-refractivity contribution in [2.75, 3.05) is 13.6 Å². The lowest BCUT2D eigenvalue weighted by Gasteiger charge is -2.29. The first-order valence-electron chi connectivity index (χ1n) is 4.59. The summed E-state index contributed by atoms with van der Waals surface area (Å²) >= 11 is 0. The summed E-state index contributed by atoms with van der Waals surface area (Å²) in [6, 6.07) is 0.400. The van der Waals surface area contributed by atoms with E-state index in [4.69, 9.17) is 5.73 Å². The largest absolute Gasteiger partial charge is 0.368 e.